The molecule has 2 aromatic carbocycles. The number of rotatable bonds is 4. The highest BCUT2D eigenvalue weighted by Gasteiger charge is 2.22. The number of benzene rings is 2. The van der Waals surface area contributed by atoms with E-state index in [0.29, 0.717) is 16.9 Å². The van der Waals surface area contributed by atoms with Crippen molar-refractivity contribution in [1.29, 1.82) is 0 Å². The molecule has 2 aromatic rings. The lowest BCUT2D eigenvalue weighted by atomic mass is 9.99. The molecule has 0 bridgehead atoms. The predicted molar refractivity (Wildman–Crippen MR) is 104 cm³/mol. The SMILES string of the molecule is COc1ccc(-c2c3nn(-c4ccc(OC)cc4)c(=O)c-3c[nH]c2C)cc1. The standard InChI is InChI=1S/C21H19N3O3/c1-13-19(14-4-8-16(26-2)9-5-14)20-18(12-22-13)21(25)24(23-20)15-6-10-17(27-3)11-7-15/h4-12,22H,1-3H3. The summed E-state index contributed by atoms with van der Waals surface area (Å²) in [5.41, 5.74) is 4.54. The van der Waals surface area contributed by atoms with Gasteiger partial charge in [-0.15, -0.1) is 0 Å². The molecule has 6 nitrogen and oxygen atoms in total. The van der Waals surface area contributed by atoms with Gasteiger partial charge in [0.2, 0.25) is 0 Å². The van der Waals surface area contributed by atoms with E-state index in [1.54, 1.807) is 20.4 Å². The Morgan fingerprint density at radius 3 is 2.11 bits per heavy atom. The van der Waals surface area contributed by atoms with Crippen LogP contribution in [0.3, 0.4) is 0 Å². The summed E-state index contributed by atoms with van der Waals surface area (Å²) in [7, 11) is 3.24. The van der Waals surface area contributed by atoms with Crippen LogP contribution in [0.25, 0.3) is 28.1 Å². The van der Waals surface area contributed by atoms with Crippen LogP contribution < -0.4 is 15.0 Å². The van der Waals surface area contributed by atoms with Gasteiger partial charge in [-0.05, 0) is 48.9 Å². The molecule has 136 valence electrons. The molecular formula is C21H19N3O3. The highest BCUT2D eigenvalue weighted by atomic mass is 16.5. The minimum absolute atomic E-state index is 0.166. The first-order valence-corrected chi connectivity index (χ1v) is 8.52. The van der Waals surface area contributed by atoms with Crippen LogP contribution in [0.1, 0.15) is 5.69 Å². The lowest BCUT2D eigenvalue weighted by Crippen LogP contribution is -2.14. The lowest BCUT2D eigenvalue weighted by molar-refractivity contribution is 0.414. The molecule has 0 unspecified atom stereocenters. The molecule has 4 rings (SSSR count). The second-order valence-corrected chi connectivity index (χ2v) is 6.19. The van der Waals surface area contributed by atoms with Crippen LogP contribution in [0.2, 0.25) is 0 Å². The summed E-state index contributed by atoms with van der Waals surface area (Å²) in [5.74, 6) is 1.51. The lowest BCUT2D eigenvalue weighted by Gasteiger charge is -2.10. The smallest absolute Gasteiger partial charge is 0.282 e. The van der Waals surface area contributed by atoms with Crippen molar-refractivity contribution in [3.05, 3.63) is 70.8 Å². The molecule has 6 heteroatoms. The van der Waals surface area contributed by atoms with Gasteiger partial charge in [0.1, 0.15) is 17.2 Å². The van der Waals surface area contributed by atoms with Gasteiger partial charge in [-0.2, -0.15) is 9.78 Å². The van der Waals surface area contributed by atoms with Crippen molar-refractivity contribution in [3.63, 3.8) is 0 Å². The van der Waals surface area contributed by atoms with Crippen LogP contribution in [0, 0.1) is 6.92 Å². The second-order valence-electron chi connectivity index (χ2n) is 6.19. The van der Waals surface area contributed by atoms with Crippen molar-refractivity contribution in [1.82, 2.24) is 14.8 Å². The molecule has 0 saturated heterocycles. The zero-order chi connectivity index (χ0) is 19.0. The number of hydrogen-bond acceptors (Lipinski definition) is 4. The number of aromatic nitrogens is 3. The van der Waals surface area contributed by atoms with E-state index in [9.17, 15) is 4.79 Å². The number of methoxy groups -OCH3 is 2. The summed E-state index contributed by atoms with van der Waals surface area (Å²) in [6.07, 6.45) is 1.72. The minimum atomic E-state index is -0.166. The summed E-state index contributed by atoms with van der Waals surface area (Å²) < 4.78 is 11.8. The Labute approximate surface area is 156 Å². The van der Waals surface area contributed by atoms with Gasteiger partial charge in [-0.1, -0.05) is 12.1 Å². The molecule has 2 aliphatic rings. The van der Waals surface area contributed by atoms with E-state index in [1.807, 2.05) is 55.5 Å². The fourth-order valence-corrected chi connectivity index (χ4v) is 3.17. The van der Waals surface area contributed by atoms with E-state index in [2.05, 4.69) is 10.1 Å². The molecule has 1 N–H and O–H groups in total. The first kappa shape index (κ1) is 16.9. The average Bonchev–Trinajstić information content (AvgIpc) is 3.04. The number of H-pyrrole nitrogens is 1. The maximum absolute atomic E-state index is 12.9. The molecule has 0 aliphatic carbocycles. The van der Waals surface area contributed by atoms with E-state index in [-0.39, 0.29) is 5.56 Å². The van der Waals surface area contributed by atoms with Gasteiger partial charge in [-0.3, -0.25) is 4.79 Å². The molecule has 0 aromatic heterocycles. The Morgan fingerprint density at radius 1 is 0.926 bits per heavy atom. The average molecular weight is 361 g/mol. The molecule has 0 atom stereocenters. The van der Waals surface area contributed by atoms with Gasteiger partial charge in [0, 0.05) is 17.5 Å². The van der Waals surface area contributed by atoms with E-state index in [1.165, 1.54) is 4.68 Å². The fraction of sp³-hybridized carbons (Fsp3) is 0.143. The van der Waals surface area contributed by atoms with Crippen LogP contribution in [0.4, 0.5) is 0 Å². The molecule has 0 fully saturated rings. The van der Waals surface area contributed by atoms with E-state index < -0.39 is 0 Å². The maximum atomic E-state index is 12.9. The van der Waals surface area contributed by atoms with Crippen LogP contribution >= 0.6 is 0 Å². The summed E-state index contributed by atoms with van der Waals surface area (Å²) >= 11 is 0. The van der Waals surface area contributed by atoms with Crippen molar-refractivity contribution in [2.45, 2.75) is 6.92 Å². The summed E-state index contributed by atoms with van der Waals surface area (Å²) in [4.78, 5) is 16.1. The predicted octanol–water partition coefficient (Wildman–Crippen LogP) is 3.66. The Hall–Kier alpha value is -3.54. The number of aryl methyl sites for hydroxylation is 1. The first-order valence-electron chi connectivity index (χ1n) is 8.52. The van der Waals surface area contributed by atoms with Crippen molar-refractivity contribution in [3.8, 4) is 39.6 Å². The number of pyridine rings is 1. The van der Waals surface area contributed by atoms with Gasteiger partial charge in [-0.25, -0.2) is 0 Å². The van der Waals surface area contributed by atoms with Crippen molar-refractivity contribution in [2.24, 2.45) is 0 Å². The molecule has 2 aliphatic heterocycles. The third kappa shape index (κ3) is 2.85. The van der Waals surface area contributed by atoms with Crippen molar-refractivity contribution in [2.75, 3.05) is 14.2 Å². The van der Waals surface area contributed by atoms with Crippen molar-refractivity contribution >= 4 is 0 Å². The number of aromatic amines is 1. The van der Waals surface area contributed by atoms with E-state index in [0.717, 1.165) is 28.3 Å². The summed E-state index contributed by atoms with van der Waals surface area (Å²) in [5, 5.41) is 4.63. The normalized spacial score (nSPS) is 10.9. The Bertz CT molecular complexity index is 1110. The van der Waals surface area contributed by atoms with Gasteiger partial charge >= 0.3 is 0 Å². The van der Waals surface area contributed by atoms with Gasteiger partial charge in [0.05, 0.1) is 25.5 Å². The molecule has 0 spiro atoms. The summed E-state index contributed by atoms with van der Waals surface area (Å²) in [6, 6.07) is 15.0. The monoisotopic (exact) mass is 361 g/mol. The Balaban J connectivity index is 1.90. The Morgan fingerprint density at radius 2 is 1.52 bits per heavy atom. The number of nitrogens with zero attached hydrogens (tertiary/aromatic N) is 2. The highest BCUT2D eigenvalue weighted by molar-refractivity contribution is 5.83. The van der Waals surface area contributed by atoms with E-state index in [4.69, 9.17) is 9.47 Å². The van der Waals surface area contributed by atoms with Crippen LogP contribution in [-0.2, 0) is 0 Å². The quantitative estimate of drug-likeness (QED) is 0.602. The second kappa shape index (κ2) is 6.64. The molecule has 2 heterocycles. The number of hydrogen-bond donors (Lipinski definition) is 1. The number of fused-ring (bicyclic) bond motifs is 1. The third-order valence-corrected chi connectivity index (χ3v) is 4.62. The molecule has 0 amide bonds. The molecule has 0 saturated carbocycles. The number of nitrogens with one attached hydrogen (secondary N) is 1. The zero-order valence-corrected chi connectivity index (χ0v) is 15.3. The Kier molecular flexibility index (Phi) is 4.16. The molecular weight excluding hydrogens is 342 g/mol. The largest absolute Gasteiger partial charge is 0.497 e. The van der Waals surface area contributed by atoms with Crippen LogP contribution in [-0.4, -0.2) is 29.0 Å². The third-order valence-electron chi connectivity index (χ3n) is 4.62. The fourth-order valence-electron chi connectivity index (χ4n) is 3.17. The molecule has 0 radical (unpaired) electrons. The maximum Gasteiger partial charge on any atom is 0.282 e. The first-order chi connectivity index (χ1) is 13.1. The highest BCUT2D eigenvalue weighted by Crippen LogP contribution is 2.33. The van der Waals surface area contributed by atoms with E-state index >= 15 is 0 Å². The van der Waals surface area contributed by atoms with Gasteiger partial charge < -0.3 is 14.5 Å². The van der Waals surface area contributed by atoms with Crippen LogP contribution in [0.15, 0.2) is 59.5 Å². The zero-order valence-electron chi connectivity index (χ0n) is 15.3. The topological polar surface area (TPSA) is 69.1 Å². The van der Waals surface area contributed by atoms with Crippen molar-refractivity contribution < 1.29 is 9.47 Å². The van der Waals surface area contributed by atoms with Gasteiger partial charge in [0.25, 0.3) is 5.56 Å². The van der Waals surface area contributed by atoms with Gasteiger partial charge in [0.15, 0.2) is 0 Å². The molecule has 27 heavy (non-hydrogen) atoms. The summed E-state index contributed by atoms with van der Waals surface area (Å²) in [6.45, 7) is 1.97. The van der Waals surface area contributed by atoms with Crippen LogP contribution in [0.5, 0.6) is 11.5 Å². The number of ether oxygens (including phenoxy) is 2. The minimum Gasteiger partial charge on any atom is -0.497 e.